The number of nitrogen functional groups attached to an aromatic ring is 1. The van der Waals surface area contributed by atoms with Crippen LogP contribution in [0.2, 0.25) is 0 Å². The van der Waals surface area contributed by atoms with Crippen LogP contribution in [0.3, 0.4) is 0 Å². The number of nitrogens with zero attached hydrogens (tertiary/aromatic N) is 4. The maximum atomic E-state index is 5.84. The fourth-order valence-corrected chi connectivity index (χ4v) is 1.88. The topological polar surface area (TPSA) is 81.7 Å². The molecular formula is C14H14N6. The van der Waals surface area contributed by atoms with Crippen LogP contribution in [0.25, 0.3) is 11.4 Å². The Balaban J connectivity index is 1.94. The van der Waals surface area contributed by atoms with Crippen LogP contribution >= 0.6 is 0 Å². The first kappa shape index (κ1) is 12.2. The Morgan fingerprint density at radius 3 is 2.65 bits per heavy atom. The first-order valence-electron chi connectivity index (χ1n) is 6.16. The second-order valence-electron chi connectivity index (χ2n) is 4.40. The summed E-state index contributed by atoms with van der Waals surface area (Å²) in [5.74, 6) is 1.66. The summed E-state index contributed by atoms with van der Waals surface area (Å²) in [6, 6.07) is 11.4. The van der Waals surface area contributed by atoms with E-state index in [-0.39, 0.29) is 0 Å². The van der Waals surface area contributed by atoms with E-state index in [1.54, 1.807) is 16.9 Å². The van der Waals surface area contributed by atoms with Crippen LogP contribution in [0.5, 0.6) is 0 Å². The van der Waals surface area contributed by atoms with Crippen LogP contribution in [-0.4, -0.2) is 19.7 Å². The van der Waals surface area contributed by atoms with Crippen LogP contribution in [0.4, 0.5) is 17.3 Å². The molecule has 0 aliphatic heterocycles. The van der Waals surface area contributed by atoms with Gasteiger partial charge in [0.05, 0.1) is 11.9 Å². The zero-order valence-corrected chi connectivity index (χ0v) is 11.0. The summed E-state index contributed by atoms with van der Waals surface area (Å²) in [6.07, 6.45) is 3.58. The standard InChI is InChI=1S/C14H14N6/c1-20-9-11(8-16-20)17-13-7-12(15)18-14(19-13)10-5-3-2-4-6-10/h2-9H,1H3,(H3,15,17,18,19). The van der Waals surface area contributed by atoms with Gasteiger partial charge < -0.3 is 11.1 Å². The highest BCUT2D eigenvalue weighted by molar-refractivity contribution is 5.63. The SMILES string of the molecule is Cn1cc(Nc2cc(N)nc(-c3ccccc3)n2)cn1. The fourth-order valence-electron chi connectivity index (χ4n) is 1.88. The monoisotopic (exact) mass is 266 g/mol. The highest BCUT2D eigenvalue weighted by Gasteiger charge is 2.06. The number of aromatic nitrogens is 4. The molecule has 100 valence electrons. The molecule has 0 amide bonds. The molecule has 3 N–H and O–H groups in total. The van der Waals surface area contributed by atoms with Crippen LogP contribution in [0, 0.1) is 0 Å². The van der Waals surface area contributed by atoms with E-state index in [4.69, 9.17) is 5.73 Å². The minimum Gasteiger partial charge on any atom is -0.384 e. The molecule has 3 aromatic rings. The van der Waals surface area contributed by atoms with Gasteiger partial charge in [0.15, 0.2) is 5.82 Å². The largest absolute Gasteiger partial charge is 0.384 e. The molecule has 1 aromatic carbocycles. The Bertz CT molecular complexity index is 720. The van der Waals surface area contributed by atoms with Gasteiger partial charge in [0.2, 0.25) is 0 Å². The van der Waals surface area contributed by atoms with E-state index in [0.717, 1.165) is 11.3 Å². The summed E-state index contributed by atoms with van der Waals surface area (Å²) in [4.78, 5) is 8.73. The molecule has 6 heteroatoms. The first-order chi connectivity index (χ1) is 9.70. The Morgan fingerprint density at radius 2 is 1.95 bits per heavy atom. The van der Waals surface area contributed by atoms with Gasteiger partial charge in [-0.15, -0.1) is 0 Å². The lowest BCUT2D eigenvalue weighted by Crippen LogP contribution is -2.00. The molecule has 2 aromatic heterocycles. The Morgan fingerprint density at radius 1 is 1.15 bits per heavy atom. The summed E-state index contributed by atoms with van der Waals surface area (Å²) in [7, 11) is 1.86. The molecule has 0 saturated heterocycles. The van der Waals surface area contributed by atoms with Gasteiger partial charge in [0.1, 0.15) is 11.6 Å². The van der Waals surface area contributed by atoms with Gasteiger partial charge >= 0.3 is 0 Å². The zero-order chi connectivity index (χ0) is 13.9. The van der Waals surface area contributed by atoms with Crippen molar-refractivity contribution in [3.8, 4) is 11.4 Å². The van der Waals surface area contributed by atoms with Crippen molar-refractivity contribution in [1.29, 1.82) is 0 Å². The molecule has 0 aliphatic rings. The molecule has 0 bridgehead atoms. The van der Waals surface area contributed by atoms with Crippen molar-refractivity contribution in [2.24, 2.45) is 7.05 Å². The van der Waals surface area contributed by atoms with E-state index in [0.29, 0.717) is 17.5 Å². The van der Waals surface area contributed by atoms with Crippen molar-refractivity contribution in [2.45, 2.75) is 0 Å². The van der Waals surface area contributed by atoms with Crippen LogP contribution in [0.15, 0.2) is 48.8 Å². The number of nitrogens with two attached hydrogens (primary N) is 1. The average molecular weight is 266 g/mol. The van der Waals surface area contributed by atoms with Crippen LogP contribution in [-0.2, 0) is 7.05 Å². The summed E-state index contributed by atoms with van der Waals surface area (Å²) in [5, 5.41) is 7.26. The number of anilines is 3. The van der Waals surface area contributed by atoms with Gasteiger partial charge in [0, 0.05) is 24.9 Å². The smallest absolute Gasteiger partial charge is 0.163 e. The summed E-state index contributed by atoms with van der Waals surface area (Å²) in [5.41, 5.74) is 7.62. The number of hydrogen-bond donors (Lipinski definition) is 2. The number of benzene rings is 1. The molecule has 0 atom stereocenters. The summed E-state index contributed by atoms with van der Waals surface area (Å²) >= 11 is 0. The highest BCUT2D eigenvalue weighted by atomic mass is 15.3. The Kier molecular flexibility index (Phi) is 3.04. The van der Waals surface area contributed by atoms with Gasteiger partial charge in [-0.25, -0.2) is 9.97 Å². The average Bonchev–Trinajstić information content (AvgIpc) is 2.84. The third-order valence-corrected chi connectivity index (χ3v) is 2.76. The maximum absolute atomic E-state index is 5.84. The zero-order valence-electron chi connectivity index (χ0n) is 11.0. The third kappa shape index (κ3) is 2.59. The molecular weight excluding hydrogens is 252 g/mol. The van der Waals surface area contributed by atoms with E-state index in [1.807, 2.05) is 43.6 Å². The normalized spacial score (nSPS) is 10.4. The third-order valence-electron chi connectivity index (χ3n) is 2.76. The van der Waals surface area contributed by atoms with E-state index in [2.05, 4.69) is 20.4 Å². The van der Waals surface area contributed by atoms with Crippen molar-refractivity contribution in [2.75, 3.05) is 11.1 Å². The van der Waals surface area contributed by atoms with E-state index in [9.17, 15) is 0 Å². The van der Waals surface area contributed by atoms with Crippen LogP contribution in [0.1, 0.15) is 0 Å². The molecule has 20 heavy (non-hydrogen) atoms. The molecule has 3 rings (SSSR count). The summed E-state index contributed by atoms with van der Waals surface area (Å²) < 4.78 is 1.71. The molecule has 2 heterocycles. The predicted molar refractivity (Wildman–Crippen MR) is 78.4 cm³/mol. The lowest BCUT2D eigenvalue weighted by atomic mass is 10.2. The first-order valence-corrected chi connectivity index (χ1v) is 6.16. The Labute approximate surface area is 116 Å². The molecule has 0 spiro atoms. The van der Waals surface area contributed by atoms with Gasteiger partial charge in [0.25, 0.3) is 0 Å². The van der Waals surface area contributed by atoms with Gasteiger partial charge in [-0.05, 0) is 0 Å². The van der Waals surface area contributed by atoms with Crippen LogP contribution < -0.4 is 11.1 Å². The minimum atomic E-state index is 0.422. The lowest BCUT2D eigenvalue weighted by molar-refractivity contribution is 0.768. The van der Waals surface area contributed by atoms with Crippen molar-refractivity contribution in [1.82, 2.24) is 19.7 Å². The molecule has 0 fully saturated rings. The number of hydrogen-bond acceptors (Lipinski definition) is 5. The fraction of sp³-hybridized carbons (Fsp3) is 0.0714. The Hall–Kier alpha value is -2.89. The molecule has 6 nitrogen and oxygen atoms in total. The lowest BCUT2D eigenvalue weighted by Gasteiger charge is -2.06. The predicted octanol–water partition coefficient (Wildman–Crippen LogP) is 2.20. The minimum absolute atomic E-state index is 0.422. The number of rotatable bonds is 3. The van der Waals surface area contributed by atoms with Crippen molar-refractivity contribution in [3.63, 3.8) is 0 Å². The molecule has 0 radical (unpaired) electrons. The quantitative estimate of drug-likeness (QED) is 0.759. The number of aryl methyl sites for hydroxylation is 1. The second kappa shape index (κ2) is 5.00. The summed E-state index contributed by atoms with van der Waals surface area (Å²) in [6.45, 7) is 0. The maximum Gasteiger partial charge on any atom is 0.163 e. The van der Waals surface area contributed by atoms with E-state index in [1.165, 1.54) is 0 Å². The second-order valence-corrected chi connectivity index (χ2v) is 4.40. The number of nitrogens with one attached hydrogen (secondary N) is 1. The van der Waals surface area contributed by atoms with Gasteiger partial charge in [-0.1, -0.05) is 30.3 Å². The highest BCUT2D eigenvalue weighted by Crippen LogP contribution is 2.20. The molecule has 0 unspecified atom stereocenters. The van der Waals surface area contributed by atoms with Crippen molar-refractivity contribution < 1.29 is 0 Å². The van der Waals surface area contributed by atoms with E-state index >= 15 is 0 Å². The van der Waals surface area contributed by atoms with Gasteiger partial charge in [-0.3, -0.25) is 4.68 Å². The molecule has 0 saturated carbocycles. The molecule has 0 aliphatic carbocycles. The van der Waals surface area contributed by atoms with Crippen molar-refractivity contribution >= 4 is 17.3 Å². The van der Waals surface area contributed by atoms with Gasteiger partial charge in [-0.2, -0.15) is 5.10 Å². The van der Waals surface area contributed by atoms with Crippen molar-refractivity contribution in [3.05, 3.63) is 48.8 Å². The van der Waals surface area contributed by atoms with E-state index < -0.39 is 0 Å².